The van der Waals surface area contributed by atoms with E-state index in [9.17, 15) is 25.5 Å². The first kappa shape index (κ1) is 16.1. The number of aliphatic hydroxyl groups excluding tert-OH is 5. The van der Waals surface area contributed by atoms with E-state index in [1.165, 1.54) is 6.92 Å². The molecule has 0 amide bonds. The summed E-state index contributed by atoms with van der Waals surface area (Å²) in [6.07, 6.45) is -10.1. The van der Waals surface area contributed by atoms with Crippen LogP contribution in [-0.4, -0.2) is 80.7 Å². The van der Waals surface area contributed by atoms with E-state index in [1.54, 1.807) is 6.92 Å². The van der Waals surface area contributed by atoms with Gasteiger partial charge in [0.1, 0.15) is 43.2 Å². The highest BCUT2D eigenvalue weighted by atomic mass is 16.7. The van der Waals surface area contributed by atoms with Crippen LogP contribution in [0.4, 0.5) is 0 Å². The van der Waals surface area contributed by atoms with Gasteiger partial charge in [0.05, 0.1) is 12.2 Å². The molecule has 0 aliphatic carbocycles. The molecule has 0 bridgehead atoms. The quantitative estimate of drug-likeness (QED) is 0.378. The fraction of sp³-hybridized carbons (Fsp3) is 0.917. The summed E-state index contributed by atoms with van der Waals surface area (Å²) in [6, 6.07) is 0. The predicted octanol–water partition coefficient (Wildman–Crippen LogP) is -2.50. The lowest BCUT2D eigenvalue weighted by Gasteiger charge is -2.43. The summed E-state index contributed by atoms with van der Waals surface area (Å²) in [7, 11) is 0. The van der Waals surface area contributed by atoms with Crippen LogP contribution in [0, 0.1) is 6.61 Å². The molecular weight excluding hydrogens is 272 g/mol. The third-order valence-electron chi connectivity index (χ3n) is 3.68. The van der Waals surface area contributed by atoms with Gasteiger partial charge in [-0.25, -0.2) is 0 Å². The molecule has 0 aromatic carbocycles. The van der Waals surface area contributed by atoms with E-state index >= 15 is 0 Å². The Balaban J connectivity index is 2.04. The summed E-state index contributed by atoms with van der Waals surface area (Å²) >= 11 is 0. The third kappa shape index (κ3) is 2.97. The normalized spacial score (nSPS) is 53.9. The van der Waals surface area contributed by atoms with E-state index in [-0.39, 0.29) is 0 Å². The second-order valence-electron chi connectivity index (χ2n) is 5.24. The molecule has 1 radical (unpaired) electrons. The minimum Gasteiger partial charge on any atom is -0.388 e. The number of hydrogen-bond donors (Lipinski definition) is 5. The first-order chi connectivity index (χ1) is 9.32. The van der Waals surface area contributed by atoms with Crippen LogP contribution in [-0.2, 0) is 14.2 Å². The maximum atomic E-state index is 9.87. The molecule has 9 atom stereocenters. The zero-order chi connectivity index (χ0) is 15.0. The Morgan fingerprint density at radius 3 is 2.15 bits per heavy atom. The lowest BCUT2D eigenvalue weighted by Crippen LogP contribution is -2.60. The van der Waals surface area contributed by atoms with Crippen LogP contribution in [0.5, 0.6) is 0 Å². The van der Waals surface area contributed by atoms with Crippen molar-refractivity contribution in [3.8, 4) is 0 Å². The molecule has 0 spiro atoms. The van der Waals surface area contributed by atoms with Crippen molar-refractivity contribution in [2.24, 2.45) is 0 Å². The van der Waals surface area contributed by atoms with Gasteiger partial charge in [-0.05, 0) is 13.8 Å². The van der Waals surface area contributed by atoms with Crippen molar-refractivity contribution < 1.29 is 39.7 Å². The highest BCUT2D eigenvalue weighted by Gasteiger charge is 2.46. The van der Waals surface area contributed by atoms with Gasteiger partial charge >= 0.3 is 0 Å². The molecule has 117 valence electrons. The highest BCUT2D eigenvalue weighted by Crippen LogP contribution is 2.27. The molecule has 2 aliphatic heterocycles. The molecule has 0 aromatic heterocycles. The van der Waals surface area contributed by atoms with Crippen molar-refractivity contribution in [2.45, 2.75) is 69.0 Å². The van der Waals surface area contributed by atoms with Crippen molar-refractivity contribution >= 4 is 0 Å². The molecule has 2 aliphatic rings. The first-order valence-electron chi connectivity index (χ1n) is 6.53. The minimum atomic E-state index is -1.47. The van der Waals surface area contributed by atoms with Gasteiger partial charge in [-0.1, -0.05) is 0 Å². The van der Waals surface area contributed by atoms with Gasteiger partial charge in [-0.2, -0.15) is 0 Å². The fourth-order valence-corrected chi connectivity index (χ4v) is 2.31. The lowest BCUT2D eigenvalue weighted by atomic mass is 9.98. The maximum Gasteiger partial charge on any atom is 0.187 e. The van der Waals surface area contributed by atoms with Crippen LogP contribution in [0.1, 0.15) is 13.8 Å². The second kappa shape index (κ2) is 6.20. The number of hydrogen-bond acceptors (Lipinski definition) is 8. The molecule has 5 N–H and O–H groups in total. The Labute approximate surface area is 116 Å². The summed E-state index contributed by atoms with van der Waals surface area (Å²) in [4.78, 5) is 0. The molecule has 1 unspecified atom stereocenters. The molecule has 8 nitrogen and oxygen atoms in total. The van der Waals surface area contributed by atoms with Crippen LogP contribution < -0.4 is 0 Å². The predicted molar refractivity (Wildman–Crippen MR) is 64.1 cm³/mol. The van der Waals surface area contributed by atoms with Crippen molar-refractivity contribution in [2.75, 3.05) is 0 Å². The molecular formula is C12H21O8. The smallest absolute Gasteiger partial charge is 0.187 e. The molecule has 0 aromatic rings. The van der Waals surface area contributed by atoms with Crippen molar-refractivity contribution in [3.05, 3.63) is 6.61 Å². The molecule has 2 saturated heterocycles. The lowest BCUT2D eigenvalue weighted by molar-refractivity contribution is -0.325. The van der Waals surface area contributed by atoms with Crippen molar-refractivity contribution in [1.82, 2.24) is 0 Å². The summed E-state index contributed by atoms with van der Waals surface area (Å²) in [5.74, 6) is 0. The monoisotopic (exact) mass is 293 g/mol. The Morgan fingerprint density at radius 1 is 0.850 bits per heavy atom. The summed E-state index contributed by atoms with van der Waals surface area (Å²) < 4.78 is 15.8. The Bertz CT molecular complexity index is 327. The van der Waals surface area contributed by atoms with Crippen LogP contribution in [0.3, 0.4) is 0 Å². The summed E-state index contributed by atoms with van der Waals surface area (Å²) in [6.45, 7) is 4.25. The average molecular weight is 293 g/mol. The topological polar surface area (TPSA) is 129 Å². The largest absolute Gasteiger partial charge is 0.388 e. The van der Waals surface area contributed by atoms with E-state index in [4.69, 9.17) is 14.2 Å². The van der Waals surface area contributed by atoms with Crippen molar-refractivity contribution in [3.63, 3.8) is 0 Å². The van der Waals surface area contributed by atoms with Crippen LogP contribution in [0.2, 0.25) is 0 Å². The summed E-state index contributed by atoms with van der Waals surface area (Å²) in [5.41, 5.74) is 0. The van der Waals surface area contributed by atoms with E-state index in [0.29, 0.717) is 0 Å². The van der Waals surface area contributed by atoms with Gasteiger partial charge in [0.2, 0.25) is 0 Å². The van der Waals surface area contributed by atoms with E-state index in [1.807, 2.05) is 0 Å². The van der Waals surface area contributed by atoms with E-state index < -0.39 is 55.1 Å². The standard InChI is InChI=1S/C12H21O8/c1-4-7(14)9(16)10(17)12(19-4)20-11-5(2)18-3-6(13)8(11)15/h3-17H,1-2H3/t4-,5+,6+,7+,8+,9+,10-,11+,12?/m1/s1. The van der Waals surface area contributed by atoms with Crippen LogP contribution in [0.25, 0.3) is 0 Å². The van der Waals surface area contributed by atoms with Crippen molar-refractivity contribution in [1.29, 1.82) is 0 Å². The Hall–Kier alpha value is -0.320. The zero-order valence-electron chi connectivity index (χ0n) is 11.2. The Morgan fingerprint density at radius 2 is 1.50 bits per heavy atom. The second-order valence-corrected chi connectivity index (χ2v) is 5.24. The molecule has 0 saturated carbocycles. The molecule has 2 rings (SSSR count). The van der Waals surface area contributed by atoms with Gasteiger partial charge in [0.25, 0.3) is 0 Å². The van der Waals surface area contributed by atoms with E-state index in [2.05, 4.69) is 0 Å². The third-order valence-corrected chi connectivity index (χ3v) is 3.68. The van der Waals surface area contributed by atoms with Gasteiger partial charge in [-0.15, -0.1) is 0 Å². The van der Waals surface area contributed by atoms with Gasteiger partial charge < -0.3 is 39.7 Å². The van der Waals surface area contributed by atoms with Gasteiger partial charge in [0.15, 0.2) is 6.29 Å². The van der Waals surface area contributed by atoms with Gasteiger partial charge in [-0.3, -0.25) is 0 Å². The number of ether oxygens (including phenoxy) is 3. The SMILES string of the molecule is C[C@@H]1O[CH][C@H](O)[C@H](O)[C@H]1OC1O[C@H](C)[C@H](O)[C@H](O)[C@H]1O. The molecule has 20 heavy (non-hydrogen) atoms. The first-order valence-corrected chi connectivity index (χ1v) is 6.53. The number of aliphatic hydroxyl groups is 5. The van der Waals surface area contributed by atoms with Crippen LogP contribution >= 0.6 is 0 Å². The maximum absolute atomic E-state index is 9.87. The zero-order valence-corrected chi connectivity index (χ0v) is 11.2. The minimum absolute atomic E-state index is 0.566. The Kier molecular flexibility index (Phi) is 4.98. The average Bonchev–Trinajstić information content (AvgIpc) is 2.42. The molecule has 2 heterocycles. The summed E-state index contributed by atoms with van der Waals surface area (Å²) in [5, 5.41) is 48.5. The fourth-order valence-electron chi connectivity index (χ4n) is 2.31. The van der Waals surface area contributed by atoms with Gasteiger partial charge in [0, 0.05) is 0 Å². The molecule has 2 fully saturated rings. The highest BCUT2D eigenvalue weighted by molar-refractivity contribution is 4.93. The molecule has 8 heteroatoms. The number of rotatable bonds is 2. The van der Waals surface area contributed by atoms with Crippen LogP contribution in [0.15, 0.2) is 0 Å². The van der Waals surface area contributed by atoms with E-state index in [0.717, 1.165) is 6.61 Å².